The zero-order chi connectivity index (χ0) is 21.4. The highest BCUT2D eigenvalue weighted by molar-refractivity contribution is 8.00. The molecule has 0 bridgehead atoms. The summed E-state index contributed by atoms with van der Waals surface area (Å²) >= 11 is -0.246. The number of rotatable bonds is 8. The number of carbonyl (C=O) groups is 2. The molecule has 9 heteroatoms. The van der Waals surface area contributed by atoms with E-state index in [-0.39, 0.29) is 28.8 Å². The van der Waals surface area contributed by atoms with Gasteiger partial charge in [-0.25, -0.2) is 0 Å². The predicted octanol–water partition coefficient (Wildman–Crippen LogP) is 4.80. The Bertz CT molecular complexity index is 842. The van der Waals surface area contributed by atoms with Gasteiger partial charge >= 0.3 is 5.51 Å². The lowest BCUT2D eigenvalue weighted by Crippen LogP contribution is -2.38. The van der Waals surface area contributed by atoms with Gasteiger partial charge in [0.15, 0.2) is 0 Å². The van der Waals surface area contributed by atoms with Crippen molar-refractivity contribution >= 4 is 29.3 Å². The van der Waals surface area contributed by atoms with Crippen molar-refractivity contribution in [2.45, 2.75) is 23.7 Å². The van der Waals surface area contributed by atoms with Crippen LogP contribution in [0.3, 0.4) is 0 Å². The molecule has 0 atom stereocenters. The summed E-state index contributed by atoms with van der Waals surface area (Å²) < 4.78 is 42.5. The number of anilines is 1. The Kier molecular flexibility index (Phi) is 7.95. The van der Waals surface area contributed by atoms with Crippen LogP contribution in [0.2, 0.25) is 0 Å². The second-order valence-corrected chi connectivity index (χ2v) is 7.19. The van der Waals surface area contributed by atoms with Crippen LogP contribution in [0.1, 0.15) is 23.7 Å². The van der Waals surface area contributed by atoms with Crippen LogP contribution in [-0.2, 0) is 4.79 Å². The zero-order valence-electron chi connectivity index (χ0n) is 16.0. The van der Waals surface area contributed by atoms with Crippen LogP contribution in [0.4, 0.5) is 18.9 Å². The second-order valence-electron chi connectivity index (χ2n) is 6.05. The summed E-state index contributed by atoms with van der Waals surface area (Å²) in [6.07, 6.45) is 0.621. The number of benzene rings is 2. The van der Waals surface area contributed by atoms with E-state index in [1.54, 1.807) is 24.3 Å². The lowest BCUT2D eigenvalue weighted by Gasteiger charge is -2.22. The van der Waals surface area contributed by atoms with Crippen molar-refractivity contribution in [2.24, 2.45) is 0 Å². The molecule has 0 saturated heterocycles. The summed E-state index contributed by atoms with van der Waals surface area (Å²) in [5.41, 5.74) is -3.69. The molecule has 0 fully saturated rings. The maximum atomic E-state index is 12.7. The van der Waals surface area contributed by atoms with E-state index in [0.29, 0.717) is 24.4 Å². The molecule has 0 aliphatic rings. The fourth-order valence-electron chi connectivity index (χ4n) is 2.62. The Morgan fingerprint density at radius 3 is 2.34 bits per heavy atom. The Labute approximate surface area is 171 Å². The third-order valence-corrected chi connectivity index (χ3v) is 4.57. The van der Waals surface area contributed by atoms with Crippen LogP contribution in [0.5, 0.6) is 5.75 Å². The number of thioether (sulfide) groups is 1. The molecule has 0 aliphatic carbocycles. The van der Waals surface area contributed by atoms with Crippen LogP contribution < -0.4 is 10.1 Å². The Morgan fingerprint density at radius 2 is 1.76 bits per heavy atom. The number of carbonyl (C=O) groups excluding carboxylic acids is 2. The van der Waals surface area contributed by atoms with E-state index in [4.69, 9.17) is 4.74 Å². The zero-order valence-corrected chi connectivity index (χ0v) is 16.8. The third-order valence-electron chi connectivity index (χ3n) is 3.83. The van der Waals surface area contributed by atoms with E-state index in [2.05, 4.69) is 5.32 Å². The molecule has 2 amide bonds. The number of para-hydroxylation sites is 2. The summed E-state index contributed by atoms with van der Waals surface area (Å²) in [6.45, 7) is 2.00. The number of methoxy groups -OCH3 is 1. The number of hydrogen-bond acceptors (Lipinski definition) is 4. The molecule has 2 aromatic carbocycles. The van der Waals surface area contributed by atoms with E-state index in [0.717, 1.165) is 0 Å². The van der Waals surface area contributed by atoms with Crippen molar-refractivity contribution in [1.82, 2.24) is 4.90 Å². The fraction of sp³-hybridized carbons (Fsp3) is 0.300. The van der Waals surface area contributed by atoms with E-state index in [9.17, 15) is 22.8 Å². The van der Waals surface area contributed by atoms with Gasteiger partial charge in [0.1, 0.15) is 12.3 Å². The monoisotopic (exact) mass is 426 g/mol. The van der Waals surface area contributed by atoms with E-state index in [1.165, 1.54) is 36.3 Å². The highest BCUT2D eigenvalue weighted by Crippen LogP contribution is 2.36. The normalized spacial score (nSPS) is 11.1. The molecule has 0 heterocycles. The largest absolute Gasteiger partial charge is 0.495 e. The van der Waals surface area contributed by atoms with E-state index >= 15 is 0 Å². The van der Waals surface area contributed by atoms with E-state index in [1.807, 2.05) is 6.92 Å². The molecule has 0 radical (unpaired) electrons. The van der Waals surface area contributed by atoms with Gasteiger partial charge in [0.25, 0.3) is 5.91 Å². The number of alkyl halides is 3. The topological polar surface area (TPSA) is 58.6 Å². The lowest BCUT2D eigenvalue weighted by molar-refractivity contribution is -0.116. The van der Waals surface area contributed by atoms with Crippen molar-refractivity contribution in [3.05, 3.63) is 54.1 Å². The first-order chi connectivity index (χ1) is 13.7. The molecular formula is C20H21F3N2O3S. The summed E-state index contributed by atoms with van der Waals surface area (Å²) in [6, 6.07) is 12.0. The minimum Gasteiger partial charge on any atom is -0.495 e. The first-order valence-electron chi connectivity index (χ1n) is 8.81. The molecule has 0 spiro atoms. The Morgan fingerprint density at radius 1 is 1.10 bits per heavy atom. The molecule has 0 saturated carbocycles. The maximum Gasteiger partial charge on any atom is 0.446 e. The lowest BCUT2D eigenvalue weighted by atomic mass is 10.2. The van der Waals surface area contributed by atoms with Gasteiger partial charge in [-0.2, -0.15) is 13.2 Å². The number of hydrogen-bond donors (Lipinski definition) is 1. The smallest absolute Gasteiger partial charge is 0.446 e. The van der Waals surface area contributed by atoms with Gasteiger partial charge in [-0.3, -0.25) is 9.59 Å². The standard InChI is InChI=1S/C20H21F3N2O3S/c1-3-12-25(13-18(26)24-16-6-4-5-7-17(16)28-2)19(27)14-8-10-15(11-9-14)29-20(21,22)23/h4-11H,3,12-13H2,1-2H3,(H,24,26). The molecule has 29 heavy (non-hydrogen) atoms. The third kappa shape index (κ3) is 7.01. The van der Waals surface area contributed by atoms with Crippen molar-refractivity contribution in [3.63, 3.8) is 0 Å². The second kappa shape index (κ2) is 10.2. The van der Waals surface area contributed by atoms with Crippen LogP contribution in [0, 0.1) is 0 Å². The molecule has 2 rings (SSSR count). The van der Waals surface area contributed by atoms with Crippen LogP contribution >= 0.6 is 11.8 Å². The van der Waals surface area contributed by atoms with Gasteiger partial charge in [0.2, 0.25) is 5.91 Å². The van der Waals surface area contributed by atoms with Crippen LogP contribution in [0.25, 0.3) is 0 Å². The van der Waals surface area contributed by atoms with Gasteiger partial charge in [0, 0.05) is 17.0 Å². The maximum absolute atomic E-state index is 12.7. The highest BCUT2D eigenvalue weighted by atomic mass is 32.2. The number of nitrogens with zero attached hydrogens (tertiary/aromatic N) is 1. The van der Waals surface area contributed by atoms with Gasteiger partial charge in [0.05, 0.1) is 12.8 Å². The molecule has 5 nitrogen and oxygen atoms in total. The van der Waals surface area contributed by atoms with Gasteiger partial charge in [-0.15, -0.1) is 0 Å². The van der Waals surface area contributed by atoms with Crippen molar-refractivity contribution in [2.75, 3.05) is 25.5 Å². The first-order valence-corrected chi connectivity index (χ1v) is 9.63. The van der Waals surface area contributed by atoms with E-state index < -0.39 is 17.3 Å². The van der Waals surface area contributed by atoms with Crippen molar-refractivity contribution in [1.29, 1.82) is 0 Å². The SMILES string of the molecule is CCCN(CC(=O)Nc1ccccc1OC)C(=O)c1ccc(SC(F)(F)F)cc1. The summed E-state index contributed by atoms with van der Waals surface area (Å²) in [7, 11) is 1.48. The molecule has 156 valence electrons. The molecule has 0 unspecified atom stereocenters. The fourth-order valence-corrected chi connectivity index (χ4v) is 3.15. The first kappa shape index (κ1) is 22.6. The summed E-state index contributed by atoms with van der Waals surface area (Å²) in [4.78, 5) is 26.5. The number of nitrogens with one attached hydrogen (secondary N) is 1. The molecule has 0 aromatic heterocycles. The Hall–Kier alpha value is -2.68. The van der Waals surface area contributed by atoms with Gasteiger partial charge in [-0.05, 0) is 54.6 Å². The Balaban J connectivity index is 2.07. The predicted molar refractivity (Wildman–Crippen MR) is 106 cm³/mol. The summed E-state index contributed by atoms with van der Waals surface area (Å²) in [5, 5.41) is 2.71. The quantitative estimate of drug-likeness (QED) is 0.616. The molecule has 1 N–H and O–H groups in total. The molecule has 0 aliphatic heterocycles. The van der Waals surface area contributed by atoms with Crippen molar-refractivity contribution < 1.29 is 27.5 Å². The average Bonchev–Trinajstić information content (AvgIpc) is 2.67. The minimum absolute atomic E-state index is 0.00925. The van der Waals surface area contributed by atoms with Crippen LogP contribution in [-0.4, -0.2) is 42.4 Å². The molecule has 2 aromatic rings. The summed E-state index contributed by atoms with van der Waals surface area (Å²) in [5.74, 6) is -0.335. The molecular weight excluding hydrogens is 405 g/mol. The number of halogens is 3. The van der Waals surface area contributed by atoms with Crippen molar-refractivity contribution in [3.8, 4) is 5.75 Å². The van der Waals surface area contributed by atoms with Gasteiger partial charge in [-0.1, -0.05) is 19.1 Å². The highest BCUT2D eigenvalue weighted by Gasteiger charge is 2.29. The van der Waals surface area contributed by atoms with Crippen LogP contribution in [0.15, 0.2) is 53.4 Å². The average molecular weight is 426 g/mol. The number of amides is 2. The minimum atomic E-state index is -4.39. The number of ether oxygens (including phenoxy) is 1. The van der Waals surface area contributed by atoms with Gasteiger partial charge < -0.3 is 15.0 Å².